The number of hydrogen-bond acceptors (Lipinski definition) is 2. The van der Waals surface area contributed by atoms with Gasteiger partial charge in [-0.25, -0.2) is 0 Å². The Morgan fingerprint density at radius 2 is 1.93 bits per heavy atom. The molecule has 0 bridgehead atoms. The van der Waals surface area contributed by atoms with Crippen molar-refractivity contribution in [3.8, 4) is 5.75 Å². The number of hydrogen-bond donors (Lipinski definition) is 3. The van der Waals surface area contributed by atoms with Crippen molar-refractivity contribution >= 4 is 46.5 Å². The maximum Gasteiger partial charge on any atom is 0.193 e. The highest BCUT2D eigenvalue weighted by atomic mass is 127. The van der Waals surface area contributed by atoms with E-state index in [4.69, 9.17) is 10.5 Å². The van der Waals surface area contributed by atoms with E-state index in [1.54, 1.807) is 0 Å². The first-order valence-corrected chi connectivity index (χ1v) is 8.92. The maximum absolute atomic E-state index is 6.00. The van der Waals surface area contributed by atoms with E-state index in [9.17, 15) is 0 Å². The third-order valence-corrected chi connectivity index (χ3v) is 4.17. The minimum absolute atomic E-state index is 0. The number of guanidine groups is 1. The number of rotatable bonds is 6. The Morgan fingerprint density at radius 3 is 2.63 bits per heavy atom. The molecule has 0 atom stereocenters. The maximum atomic E-state index is 6.00. The lowest BCUT2D eigenvalue weighted by Gasteiger charge is -2.10. The molecule has 1 heterocycles. The Morgan fingerprint density at radius 1 is 1.19 bits per heavy atom. The molecule has 0 saturated carbocycles. The molecule has 0 aliphatic carbocycles. The molecule has 4 N–H and O–H groups in total. The van der Waals surface area contributed by atoms with Gasteiger partial charge < -0.3 is 20.8 Å². The second-order valence-corrected chi connectivity index (χ2v) is 6.64. The first-order valence-electron chi connectivity index (χ1n) is 8.92. The van der Waals surface area contributed by atoms with E-state index in [1.165, 1.54) is 22.0 Å². The number of ether oxygens (including phenoxy) is 1. The Kier molecular flexibility index (Phi) is 7.53. The van der Waals surface area contributed by atoms with Gasteiger partial charge in [-0.15, -0.1) is 24.0 Å². The van der Waals surface area contributed by atoms with Crippen LogP contribution in [0.4, 0.5) is 5.69 Å². The van der Waals surface area contributed by atoms with Gasteiger partial charge in [0.15, 0.2) is 5.96 Å². The van der Waals surface area contributed by atoms with E-state index >= 15 is 0 Å². The van der Waals surface area contributed by atoms with Crippen molar-refractivity contribution in [1.29, 1.82) is 0 Å². The lowest BCUT2D eigenvalue weighted by molar-refractivity contribution is 0.242. The van der Waals surface area contributed by atoms with Crippen molar-refractivity contribution < 1.29 is 4.74 Å². The van der Waals surface area contributed by atoms with Gasteiger partial charge in [-0.05, 0) is 62.6 Å². The van der Waals surface area contributed by atoms with Crippen LogP contribution in [-0.4, -0.2) is 23.6 Å². The standard InChI is InChI=1S/C21H26N4O.HI/c1-14(2)26-18-9-7-17(8-10-18)25-21(22)23-12-11-16-13-24-20-15(3)5-4-6-19(16)20;/h4-10,13-14,24H,11-12H2,1-3H3,(H3,22,23,25);1H. The van der Waals surface area contributed by atoms with Gasteiger partial charge in [-0.2, -0.15) is 0 Å². The highest BCUT2D eigenvalue weighted by molar-refractivity contribution is 14.0. The van der Waals surface area contributed by atoms with Crippen molar-refractivity contribution in [2.75, 3.05) is 11.9 Å². The zero-order chi connectivity index (χ0) is 18.5. The highest BCUT2D eigenvalue weighted by Gasteiger charge is 2.05. The van der Waals surface area contributed by atoms with Gasteiger partial charge in [0.05, 0.1) is 6.10 Å². The van der Waals surface area contributed by atoms with Gasteiger partial charge in [0.1, 0.15) is 5.75 Å². The number of H-pyrrole nitrogens is 1. The topological polar surface area (TPSA) is 75.4 Å². The number of aromatic nitrogens is 1. The normalized spacial score (nSPS) is 11.5. The van der Waals surface area contributed by atoms with Crippen LogP contribution < -0.4 is 15.8 Å². The van der Waals surface area contributed by atoms with Crippen molar-refractivity contribution in [2.24, 2.45) is 10.7 Å². The number of benzene rings is 2. The second kappa shape index (κ2) is 9.64. The molecule has 0 aliphatic rings. The molecule has 0 unspecified atom stereocenters. The monoisotopic (exact) mass is 478 g/mol. The summed E-state index contributed by atoms with van der Waals surface area (Å²) in [5.41, 5.74) is 10.6. The van der Waals surface area contributed by atoms with Gasteiger partial charge in [-0.1, -0.05) is 18.2 Å². The fraction of sp³-hybridized carbons (Fsp3) is 0.286. The molecule has 0 saturated heterocycles. The summed E-state index contributed by atoms with van der Waals surface area (Å²) in [6.45, 7) is 6.76. The van der Waals surface area contributed by atoms with E-state index in [-0.39, 0.29) is 30.1 Å². The average molecular weight is 478 g/mol. The third kappa shape index (κ3) is 5.63. The fourth-order valence-electron chi connectivity index (χ4n) is 2.94. The van der Waals surface area contributed by atoms with Gasteiger partial charge in [-0.3, -0.25) is 4.99 Å². The van der Waals surface area contributed by atoms with Crippen molar-refractivity contribution in [3.63, 3.8) is 0 Å². The largest absolute Gasteiger partial charge is 0.491 e. The number of para-hydroxylation sites is 1. The van der Waals surface area contributed by atoms with Crippen LogP contribution in [0.25, 0.3) is 10.9 Å². The lowest BCUT2D eigenvalue weighted by atomic mass is 10.1. The summed E-state index contributed by atoms with van der Waals surface area (Å²) in [4.78, 5) is 7.78. The molecule has 0 aliphatic heterocycles. The number of halogens is 1. The summed E-state index contributed by atoms with van der Waals surface area (Å²) in [5.74, 6) is 1.26. The summed E-state index contributed by atoms with van der Waals surface area (Å²) in [6.07, 6.45) is 3.06. The molecule has 1 aromatic heterocycles. The SMILES string of the molecule is Cc1cccc2c(CCN=C(N)Nc3ccc(OC(C)C)cc3)c[nH]c12.I. The Balaban J connectivity index is 0.00000261. The van der Waals surface area contributed by atoms with Crippen molar-refractivity contribution in [2.45, 2.75) is 33.3 Å². The molecule has 0 spiro atoms. The molecule has 6 heteroatoms. The highest BCUT2D eigenvalue weighted by Crippen LogP contribution is 2.21. The zero-order valence-corrected chi connectivity index (χ0v) is 18.3. The van der Waals surface area contributed by atoms with E-state index in [1.807, 2.05) is 38.1 Å². The van der Waals surface area contributed by atoms with E-state index in [0.717, 1.165) is 17.9 Å². The minimum Gasteiger partial charge on any atom is -0.491 e. The summed E-state index contributed by atoms with van der Waals surface area (Å²) in [7, 11) is 0. The number of aromatic amines is 1. The Hall–Kier alpha value is -2.22. The third-order valence-electron chi connectivity index (χ3n) is 4.17. The molecule has 5 nitrogen and oxygen atoms in total. The summed E-state index contributed by atoms with van der Waals surface area (Å²) in [6, 6.07) is 14.0. The number of nitrogens with one attached hydrogen (secondary N) is 2. The van der Waals surface area contributed by atoms with Crippen LogP contribution in [0.3, 0.4) is 0 Å². The van der Waals surface area contributed by atoms with Crippen LogP contribution in [0, 0.1) is 6.92 Å². The van der Waals surface area contributed by atoms with Crippen molar-refractivity contribution in [3.05, 3.63) is 59.8 Å². The fourth-order valence-corrected chi connectivity index (χ4v) is 2.94. The number of nitrogens with zero attached hydrogens (tertiary/aromatic N) is 1. The summed E-state index contributed by atoms with van der Waals surface area (Å²) in [5, 5.41) is 4.37. The van der Waals surface area contributed by atoms with Gasteiger partial charge in [0.25, 0.3) is 0 Å². The molecule has 3 rings (SSSR count). The van der Waals surface area contributed by atoms with Gasteiger partial charge in [0, 0.05) is 29.3 Å². The van der Waals surface area contributed by atoms with E-state index < -0.39 is 0 Å². The van der Waals surface area contributed by atoms with Crippen LogP contribution in [0.1, 0.15) is 25.0 Å². The van der Waals surface area contributed by atoms with Crippen molar-refractivity contribution in [1.82, 2.24) is 4.98 Å². The second-order valence-electron chi connectivity index (χ2n) is 6.64. The molecular formula is C21H27IN4O. The van der Waals surface area contributed by atoms with Crippen LogP contribution >= 0.6 is 24.0 Å². The number of fused-ring (bicyclic) bond motifs is 1. The number of aliphatic imine (C=N–C) groups is 1. The molecule has 0 radical (unpaired) electrons. The van der Waals surface area contributed by atoms with Gasteiger partial charge in [0.2, 0.25) is 0 Å². The van der Waals surface area contributed by atoms with Crippen LogP contribution in [-0.2, 0) is 6.42 Å². The van der Waals surface area contributed by atoms with E-state index in [0.29, 0.717) is 12.5 Å². The predicted octanol–water partition coefficient (Wildman–Crippen LogP) is 4.85. The molecule has 3 aromatic rings. The van der Waals surface area contributed by atoms with Crippen LogP contribution in [0.5, 0.6) is 5.75 Å². The van der Waals surface area contributed by atoms with Crippen LogP contribution in [0.15, 0.2) is 53.7 Å². The molecular weight excluding hydrogens is 451 g/mol. The molecule has 2 aromatic carbocycles. The Bertz CT molecular complexity index is 900. The zero-order valence-electron chi connectivity index (χ0n) is 16.0. The molecule has 0 amide bonds. The lowest BCUT2D eigenvalue weighted by Crippen LogP contribution is -2.23. The number of aryl methyl sites for hydroxylation is 1. The predicted molar refractivity (Wildman–Crippen MR) is 124 cm³/mol. The first kappa shape index (κ1) is 21.1. The number of anilines is 1. The molecule has 27 heavy (non-hydrogen) atoms. The smallest absolute Gasteiger partial charge is 0.193 e. The van der Waals surface area contributed by atoms with E-state index in [2.05, 4.69) is 46.6 Å². The molecule has 0 fully saturated rings. The quantitative estimate of drug-likeness (QED) is 0.269. The number of nitrogens with two attached hydrogens (primary N) is 1. The minimum atomic E-state index is 0. The van der Waals surface area contributed by atoms with Crippen LogP contribution in [0.2, 0.25) is 0 Å². The average Bonchev–Trinajstić information content (AvgIpc) is 3.01. The van der Waals surface area contributed by atoms with Gasteiger partial charge >= 0.3 is 0 Å². The Labute approximate surface area is 177 Å². The molecule has 144 valence electrons. The first-order chi connectivity index (χ1) is 12.5. The summed E-state index contributed by atoms with van der Waals surface area (Å²) < 4.78 is 5.63. The summed E-state index contributed by atoms with van der Waals surface area (Å²) >= 11 is 0.